The van der Waals surface area contributed by atoms with Crippen LogP contribution in [0.1, 0.15) is 49.4 Å². The Morgan fingerprint density at radius 2 is 2.24 bits per heavy atom. The number of aromatic amines is 1. The second-order valence-corrected chi connectivity index (χ2v) is 6.43. The first-order valence-corrected chi connectivity index (χ1v) is 8.98. The van der Waals surface area contributed by atoms with Gasteiger partial charge >= 0.3 is 6.09 Å². The molecule has 140 valence electrons. The fourth-order valence-corrected chi connectivity index (χ4v) is 3.04. The van der Waals surface area contributed by atoms with E-state index in [2.05, 4.69) is 22.2 Å². The number of H-pyrrole nitrogens is 1. The molecule has 3 N–H and O–H groups in total. The second kappa shape index (κ2) is 9.05. The van der Waals surface area contributed by atoms with Crippen molar-refractivity contribution in [2.45, 2.75) is 51.7 Å². The van der Waals surface area contributed by atoms with E-state index in [9.17, 15) is 14.7 Å². The van der Waals surface area contributed by atoms with Crippen molar-refractivity contribution >= 4 is 23.6 Å². The number of likely N-dealkylation sites (tertiary alicyclic amines) is 1. The predicted octanol–water partition coefficient (Wildman–Crippen LogP) is 2.29. The molecule has 1 aromatic rings. The van der Waals surface area contributed by atoms with Crippen LogP contribution in [0.4, 0.5) is 4.79 Å². The van der Waals surface area contributed by atoms with Gasteiger partial charge in [0.05, 0.1) is 24.4 Å². The molecule has 0 spiro atoms. The number of carbonyl (C=O) groups is 2. The number of aryl methyl sites for hydroxylation is 1. The predicted molar refractivity (Wildman–Crippen MR) is 93.1 cm³/mol. The topological polar surface area (TPSA) is 108 Å². The molecule has 8 nitrogen and oxygen atoms in total. The van der Waals surface area contributed by atoms with E-state index in [4.69, 9.17) is 16.3 Å². The maximum atomic E-state index is 12.4. The van der Waals surface area contributed by atoms with Gasteiger partial charge in [-0.25, -0.2) is 9.78 Å². The maximum absolute atomic E-state index is 12.4. The van der Waals surface area contributed by atoms with E-state index >= 15 is 0 Å². The van der Waals surface area contributed by atoms with Gasteiger partial charge in [0.1, 0.15) is 0 Å². The number of nitrogens with one attached hydrogen (secondary N) is 2. The molecular formula is C16H25ClN4O4. The molecule has 0 saturated carbocycles. The van der Waals surface area contributed by atoms with E-state index in [1.807, 2.05) is 6.92 Å². The smallest absolute Gasteiger partial charge is 0.407 e. The summed E-state index contributed by atoms with van der Waals surface area (Å²) < 4.78 is 5.83. The molecular weight excluding hydrogens is 348 g/mol. The minimum Gasteiger partial charge on any atom is -0.465 e. The number of unbranched alkanes of at least 4 members (excludes halogenated alkanes) is 1. The number of carboxylic acid groups (broad SMARTS) is 1. The number of hydrogen-bond donors (Lipinski definition) is 3. The number of ether oxygens (including phenoxy) is 1. The van der Waals surface area contributed by atoms with Crippen molar-refractivity contribution < 1.29 is 19.4 Å². The lowest BCUT2D eigenvalue weighted by atomic mass is 10.0. The van der Waals surface area contributed by atoms with Crippen LogP contribution in [0.3, 0.4) is 0 Å². The van der Waals surface area contributed by atoms with Crippen LogP contribution in [0.2, 0.25) is 5.15 Å². The molecule has 0 aromatic carbocycles. The first kappa shape index (κ1) is 19.5. The van der Waals surface area contributed by atoms with Crippen molar-refractivity contribution in [3.05, 3.63) is 16.7 Å². The number of hydrogen-bond acceptors (Lipinski definition) is 4. The fourth-order valence-electron chi connectivity index (χ4n) is 2.77. The molecule has 25 heavy (non-hydrogen) atoms. The van der Waals surface area contributed by atoms with E-state index in [1.54, 1.807) is 0 Å². The Morgan fingerprint density at radius 3 is 2.84 bits per heavy atom. The Morgan fingerprint density at radius 1 is 1.48 bits per heavy atom. The highest BCUT2D eigenvalue weighted by Gasteiger charge is 2.33. The molecule has 1 fully saturated rings. The Balaban J connectivity index is 2.03. The maximum Gasteiger partial charge on any atom is 0.407 e. The van der Waals surface area contributed by atoms with Crippen molar-refractivity contribution in [2.24, 2.45) is 0 Å². The number of rotatable bonds is 7. The van der Waals surface area contributed by atoms with Gasteiger partial charge in [-0.2, -0.15) is 0 Å². The van der Waals surface area contributed by atoms with Crippen LogP contribution in [0.5, 0.6) is 0 Å². The van der Waals surface area contributed by atoms with E-state index in [1.165, 1.54) is 4.90 Å². The number of imidazole rings is 1. The minimum absolute atomic E-state index is 0.162. The summed E-state index contributed by atoms with van der Waals surface area (Å²) in [6.07, 6.45) is 1.66. The first-order chi connectivity index (χ1) is 12.0. The molecule has 0 aliphatic carbocycles. The fraction of sp³-hybridized carbons (Fsp3) is 0.688. The van der Waals surface area contributed by atoms with Crippen LogP contribution >= 0.6 is 11.6 Å². The molecule has 1 aliphatic heterocycles. The normalized spacial score (nSPS) is 20.5. The van der Waals surface area contributed by atoms with Crippen molar-refractivity contribution in [1.82, 2.24) is 20.2 Å². The molecule has 9 heteroatoms. The van der Waals surface area contributed by atoms with Gasteiger partial charge < -0.3 is 25.0 Å². The molecule has 1 aromatic heterocycles. The van der Waals surface area contributed by atoms with Crippen LogP contribution in [0.15, 0.2) is 0 Å². The van der Waals surface area contributed by atoms with Gasteiger partial charge in [-0.3, -0.25) is 4.79 Å². The highest BCUT2D eigenvalue weighted by molar-refractivity contribution is 6.30. The number of halogens is 1. The van der Waals surface area contributed by atoms with Gasteiger partial charge in [-0.15, -0.1) is 0 Å². The minimum atomic E-state index is -0.973. The quantitative estimate of drug-likeness (QED) is 0.636. The number of piperidine rings is 1. The van der Waals surface area contributed by atoms with Crippen molar-refractivity contribution in [2.75, 3.05) is 19.7 Å². The Bertz CT molecular complexity index is 607. The number of aromatic nitrogens is 2. The number of carbonyl (C=O) groups excluding carboxylic acids is 1. The van der Waals surface area contributed by atoms with Crippen LogP contribution < -0.4 is 5.32 Å². The van der Waals surface area contributed by atoms with Crippen LogP contribution in [0.25, 0.3) is 0 Å². The molecule has 0 radical (unpaired) electrons. The van der Waals surface area contributed by atoms with Gasteiger partial charge in [0.25, 0.3) is 5.91 Å². The summed E-state index contributed by atoms with van der Waals surface area (Å²) in [5, 5.41) is 12.4. The van der Waals surface area contributed by atoms with Crippen molar-refractivity contribution in [1.29, 1.82) is 0 Å². The zero-order chi connectivity index (χ0) is 18.4. The summed E-state index contributed by atoms with van der Waals surface area (Å²) in [6.45, 7) is 5.10. The summed E-state index contributed by atoms with van der Waals surface area (Å²) in [7, 11) is 0. The largest absolute Gasteiger partial charge is 0.465 e. The standard InChI is InChI=1S/C16H25ClN4O4/c1-3-5-8-25-12-9-21(16(23)24)7-6-11(12)19-15(22)14-18-10(4-2)13(17)20-14/h11-12H,3-9H2,1-2H3,(H,18,20)(H,19,22)(H,23,24). The molecule has 2 unspecified atom stereocenters. The third-order valence-corrected chi connectivity index (χ3v) is 4.59. The van der Waals surface area contributed by atoms with E-state index in [-0.39, 0.29) is 30.4 Å². The van der Waals surface area contributed by atoms with E-state index in [0.29, 0.717) is 36.8 Å². The van der Waals surface area contributed by atoms with Gasteiger partial charge in [-0.1, -0.05) is 31.9 Å². The van der Waals surface area contributed by atoms with Crippen molar-refractivity contribution in [3.8, 4) is 0 Å². The molecule has 1 saturated heterocycles. The summed E-state index contributed by atoms with van der Waals surface area (Å²) in [6, 6.07) is -0.270. The van der Waals surface area contributed by atoms with E-state index in [0.717, 1.165) is 12.8 Å². The average molecular weight is 373 g/mol. The Hall–Kier alpha value is -1.80. The lowest BCUT2D eigenvalue weighted by Crippen LogP contribution is -2.56. The summed E-state index contributed by atoms with van der Waals surface area (Å²) >= 11 is 5.98. The number of nitrogens with zero attached hydrogens (tertiary/aromatic N) is 2. The molecule has 2 atom stereocenters. The zero-order valence-corrected chi connectivity index (χ0v) is 15.3. The first-order valence-electron chi connectivity index (χ1n) is 8.60. The average Bonchev–Trinajstić information content (AvgIpc) is 2.97. The molecule has 2 amide bonds. The third kappa shape index (κ3) is 5.09. The lowest BCUT2D eigenvalue weighted by molar-refractivity contribution is -0.0175. The highest BCUT2D eigenvalue weighted by Crippen LogP contribution is 2.17. The Kier molecular flexibility index (Phi) is 7.07. The summed E-state index contributed by atoms with van der Waals surface area (Å²) in [5.74, 6) is -0.200. The molecule has 2 rings (SSSR count). The monoisotopic (exact) mass is 372 g/mol. The third-order valence-electron chi connectivity index (χ3n) is 4.27. The van der Waals surface area contributed by atoms with Gasteiger partial charge in [0, 0.05) is 13.2 Å². The molecule has 2 heterocycles. The highest BCUT2D eigenvalue weighted by atomic mass is 35.5. The van der Waals surface area contributed by atoms with Crippen LogP contribution in [-0.4, -0.2) is 63.8 Å². The van der Waals surface area contributed by atoms with E-state index < -0.39 is 6.09 Å². The van der Waals surface area contributed by atoms with Gasteiger partial charge in [-0.05, 0) is 19.3 Å². The molecule has 0 bridgehead atoms. The summed E-state index contributed by atoms with van der Waals surface area (Å²) in [4.78, 5) is 31.9. The SMILES string of the molecule is CCCCOC1CN(C(=O)O)CCC1NC(=O)c1nc(Cl)c(CC)[nH]1. The molecule has 1 aliphatic rings. The van der Waals surface area contributed by atoms with Crippen molar-refractivity contribution in [3.63, 3.8) is 0 Å². The van der Waals surface area contributed by atoms with Crippen LogP contribution in [-0.2, 0) is 11.2 Å². The second-order valence-electron chi connectivity index (χ2n) is 6.07. The van der Waals surface area contributed by atoms with Gasteiger partial charge in [0.15, 0.2) is 11.0 Å². The summed E-state index contributed by atoms with van der Waals surface area (Å²) in [5.41, 5.74) is 0.711. The van der Waals surface area contributed by atoms with Gasteiger partial charge in [0.2, 0.25) is 0 Å². The number of amides is 2. The zero-order valence-electron chi connectivity index (χ0n) is 14.5. The lowest BCUT2D eigenvalue weighted by Gasteiger charge is -2.37. The Labute approximate surface area is 151 Å². The van der Waals surface area contributed by atoms with Crippen LogP contribution in [0, 0.1) is 0 Å².